The number of carbonyl (C=O) groups excluding carboxylic acids is 3. The second-order valence-electron chi connectivity index (χ2n) is 9.00. The number of Topliss-reactive ketones (excluding diaryl/α,β-unsaturated/α-hetero) is 1. The van der Waals surface area contributed by atoms with Crippen LogP contribution in [0.15, 0.2) is 35.1 Å². The van der Waals surface area contributed by atoms with E-state index in [0.29, 0.717) is 42.1 Å². The minimum absolute atomic E-state index is 0.0948. The Labute approximate surface area is 180 Å². The van der Waals surface area contributed by atoms with E-state index >= 15 is 0 Å². The number of nitrogens with one attached hydrogen (secondary N) is 3. The van der Waals surface area contributed by atoms with Gasteiger partial charge in [0.2, 0.25) is 0 Å². The van der Waals surface area contributed by atoms with E-state index in [4.69, 9.17) is 4.74 Å². The molecule has 2 amide bonds. The summed E-state index contributed by atoms with van der Waals surface area (Å²) in [6.07, 6.45) is 0.323. The van der Waals surface area contributed by atoms with E-state index in [-0.39, 0.29) is 22.7 Å². The predicted molar refractivity (Wildman–Crippen MR) is 118 cm³/mol. The number of H-pyrrole nitrogens is 1. The molecule has 1 aliphatic carbocycles. The molecule has 0 spiro atoms. The Morgan fingerprint density at radius 3 is 2.45 bits per heavy atom. The fourth-order valence-electron chi connectivity index (χ4n) is 3.47. The Morgan fingerprint density at radius 1 is 1.10 bits per heavy atom. The van der Waals surface area contributed by atoms with Crippen LogP contribution in [0.5, 0.6) is 0 Å². The van der Waals surface area contributed by atoms with Crippen molar-refractivity contribution in [3.05, 3.63) is 57.5 Å². The Hall–Kier alpha value is -3.42. The predicted octanol–water partition coefficient (Wildman–Crippen LogP) is 3.99. The normalized spacial score (nSPS) is 14.7. The van der Waals surface area contributed by atoms with E-state index in [1.165, 1.54) is 6.07 Å². The monoisotopic (exact) mass is 425 g/mol. The Bertz CT molecular complexity index is 1080. The molecule has 1 heterocycles. The molecule has 1 aromatic heterocycles. The van der Waals surface area contributed by atoms with Gasteiger partial charge in [-0.05, 0) is 42.0 Å². The number of ether oxygens (including phenoxy) is 1. The highest BCUT2D eigenvalue weighted by Crippen LogP contribution is 2.33. The summed E-state index contributed by atoms with van der Waals surface area (Å²) in [5.41, 5.74) is 0.844. The largest absolute Gasteiger partial charge is 0.449 e. The number of carbonyl (C=O) groups is 3. The number of hydrogen-bond acceptors (Lipinski definition) is 5. The topological polar surface area (TPSA) is 117 Å². The van der Waals surface area contributed by atoms with Crippen molar-refractivity contribution in [3.63, 3.8) is 0 Å². The maximum atomic E-state index is 12.7. The smallest absolute Gasteiger partial charge is 0.411 e. The molecule has 164 valence electrons. The van der Waals surface area contributed by atoms with Gasteiger partial charge in [-0.25, -0.2) is 4.79 Å². The van der Waals surface area contributed by atoms with Gasteiger partial charge < -0.3 is 15.0 Å². The standard InChI is InChI=1S/C23H27N3O5/c1-13(2)12-31-22(30)25-15-7-5-6-14(8-15)24-20(28)17-9-16-18(26-21(17)29)10-23(3,4)11-19(16)27/h5-9,13H,10-12H2,1-4H3,(H,24,28)(H,25,30)(H,26,29). The number of aromatic nitrogens is 1. The summed E-state index contributed by atoms with van der Waals surface area (Å²) in [6, 6.07) is 7.85. The summed E-state index contributed by atoms with van der Waals surface area (Å²) in [4.78, 5) is 52.2. The van der Waals surface area contributed by atoms with Gasteiger partial charge in [-0.3, -0.25) is 19.7 Å². The van der Waals surface area contributed by atoms with Crippen LogP contribution in [0.25, 0.3) is 0 Å². The molecule has 8 nitrogen and oxygen atoms in total. The second kappa shape index (κ2) is 8.75. The van der Waals surface area contributed by atoms with Crippen molar-refractivity contribution in [3.8, 4) is 0 Å². The molecule has 0 saturated heterocycles. The van der Waals surface area contributed by atoms with Gasteiger partial charge >= 0.3 is 6.09 Å². The lowest BCUT2D eigenvalue weighted by molar-refractivity contribution is 0.0910. The first-order chi connectivity index (χ1) is 14.5. The summed E-state index contributed by atoms with van der Waals surface area (Å²) >= 11 is 0. The van der Waals surface area contributed by atoms with Crippen molar-refractivity contribution in [2.45, 2.75) is 40.5 Å². The first-order valence-corrected chi connectivity index (χ1v) is 10.2. The molecule has 0 saturated carbocycles. The number of amides is 2. The number of aromatic amines is 1. The second-order valence-corrected chi connectivity index (χ2v) is 9.00. The average molecular weight is 425 g/mol. The molecule has 0 radical (unpaired) electrons. The zero-order valence-electron chi connectivity index (χ0n) is 18.1. The molecular weight excluding hydrogens is 398 g/mol. The van der Waals surface area contributed by atoms with Gasteiger partial charge in [-0.1, -0.05) is 33.8 Å². The summed E-state index contributed by atoms with van der Waals surface area (Å²) < 4.78 is 5.08. The summed E-state index contributed by atoms with van der Waals surface area (Å²) in [7, 11) is 0. The van der Waals surface area contributed by atoms with Crippen LogP contribution in [0.4, 0.5) is 16.2 Å². The maximum Gasteiger partial charge on any atom is 0.411 e. The SMILES string of the molecule is CC(C)COC(=O)Nc1cccc(NC(=O)c2cc3c([nH]c2=O)CC(C)(C)CC3=O)c1. The van der Waals surface area contributed by atoms with Gasteiger partial charge in [-0.15, -0.1) is 0 Å². The van der Waals surface area contributed by atoms with Crippen LogP contribution < -0.4 is 16.2 Å². The van der Waals surface area contributed by atoms with Crippen LogP contribution in [-0.4, -0.2) is 29.4 Å². The van der Waals surface area contributed by atoms with E-state index < -0.39 is 17.6 Å². The molecule has 1 aromatic carbocycles. The summed E-state index contributed by atoms with van der Waals surface area (Å²) in [6.45, 7) is 8.08. The van der Waals surface area contributed by atoms with Crippen LogP contribution in [0.3, 0.4) is 0 Å². The molecule has 0 fully saturated rings. The Kier molecular flexibility index (Phi) is 6.29. The number of fused-ring (bicyclic) bond motifs is 1. The summed E-state index contributed by atoms with van der Waals surface area (Å²) in [5, 5.41) is 5.23. The molecular formula is C23H27N3O5. The molecule has 2 aromatic rings. The molecule has 3 N–H and O–H groups in total. The van der Waals surface area contributed by atoms with Crippen molar-refractivity contribution in [1.82, 2.24) is 4.98 Å². The van der Waals surface area contributed by atoms with E-state index in [9.17, 15) is 19.2 Å². The molecule has 0 bridgehead atoms. The fraction of sp³-hybridized carbons (Fsp3) is 0.391. The number of rotatable bonds is 5. The van der Waals surface area contributed by atoms with Crippen LogP contribution in [0.2, 0.25) is 0 Å². The Morgan fingerprint density at radius 2 is 1.77 bits per heavy atom. The van der Waals surface area contributed by atoms with Crippen molar-refractivity contribution in [2.24, 2.45) is 11.3 Å². The van der Waals surface area contributed by atoms with E-state index in [1.54, 1.807) is 24.3 Å². The van der Waals surface area contributed by atoms with Crippen molar-refractivity contribution in [2.75, 3.05) is 17.2 Å². The minimum Gasteiger partial charge on any atom is -0.449 e. The van der Waals surface area contributed by atoms with Gasteiger partial charge in [0.25, 0.3) is 11.5 Å². The van der Waals surface area contributed by atoms with E-state index in [0.717, 1.165) is 0 Å². The van der Waals surface area contributed by atoms with Crippen LogP contribution >= 0.6 is 0 Å². The van der Waals surface area contributed by atoms with Gasteiger partial charge in [0, 0.05) is 29.1 Å². The summed E-state index contributed by atoms with van der Waals surface area (Å²) in [5.74, 6) is -0.520. The van der Waals surface area contributed by atoms with Crippen molar-refractivity contribution < 1.29 is 19.1 Å². The zero-order valence-corrected chi connectivity index (χ0v) is 18.1. The highest BCUT2D eigenvalue weighted by atomic mass is 16.5. The first-order valence-electron chi connectivity index (χ1n) is 10.2. The molecule has 8 heteroatoms. The lowest BCUT2D eigenvalue weighted by Crippen LogP contribution is -2.32. The van der Waals surface area contributed by atoms with Crippen molar-refractivity contribution >= 4 is 29.2 Å². The molecule has 0 atom stereocenters. The number of benzene rings is 1. The van der Waals surface area contributed by atoms with Gasteiger partial charge in [0.05, 0.1) is 6.61 Å². The number of hydrogen-bond donors (Lipinski definition) is 3. The molecule has 1 aliphatic rings. The fourth-order valence-corrected chi connectivity index (χ4v) is 3.47. The van der Waals surface area contributed by atoms with Crippen LogP contribution in [0, 0.1) is 11.3 Å². The van der Waals surface area contributed by atoms with Crippen LogP contribution in [0.1, 0.15) is 60.5 Å². The van der Waals surface area contributed by atoms with Gasteiger partial charge in [-0.2, -0.15) is 0 Å². The van der Waals surface area contributed by atoms with Gasteiger partial charge in [0.15, 0.2) is 5.78 Å². The highest BCUT2D eigenvalue weighted by Gasteiger charge is 2.32. The minimum atomic E-state index is -0.638. The van der Waals surface area contributed by atoms with E-state index in [1.807, 2.05) is 27.7 Å². The first kappa shape index (κ1) is 22.3. The van der Waals surface area contributed by atoms with Crippen LogP contribution in [-0.2, 0) is 11.2 Å². The molecule has 0 aliphatic heterocycles. The third-order valence-corrected chi connectivity index (χ3v) is 4.88. The number of ketones is 1. The molecule has 3 rings (SSSR count). The van der Waals surface area contributed by atoms with Crippen molar-refractivity contribution in [1.29, 1.82) is 0 Å². The lowest BCUT2D eigenvalue weighted by atomic mass is 9.75. The third-order valence-electron chi connectivity index (χ3n) is 4.88. The Balaban J connectivity index is 1.75. The number of anilines is 2. The molecule has 31 heavy (non-hydrogen) atoms. The van der Waals surface area contributed by atoms with Gasteiger partial charge in [0.1, 0.15) is 5.56 Å². The zero-order chi connectivity index (χ0) is 22.8. The number of pyridine rings is 1. The third kappa shape index (κ3) is 5.59. The molecule has 0 unspecified atom stereocenters. The highest BCUT2D eigenvalue weighted by molar-refractivity contribution is 6.07. The quantitative estimate of drug-likeness (QED) is 0.670. The maximum absolute atomic E-state index is 12.7. The average Bonchev–Trinajstić information content (AvgIpc) is 2.65. The lowest BCUT2D eigenvalue weighted by Gasteiger charge is -2.29. The van der Waals surface area contributed by atoms with E-state index in [2.05, 4.69) is 15.6 Å².